The maximum absolute atomic E-state index is 11.9. The quantitative estimate of drug-likeness (QED) is 0.546. The molecule has 2 aromatic heterocycles. The summed E-state index contributed by atoms with van der Waals surface area (Å²) in [5.41, 5.74) is 5.72. The Morgan fingerprint density at radius 2 is 1.79 bits per heavy atom. The van der Waals surface area contributed by atoms with E-state index in [0.717, 1.165) is 38.9 Å². The number of carbonyl (C=O) groups excluding carboxylic acids is 1. The van der Waals surface area contributed by atoms with Gasteiger partial charge in [0.05, 0.1) is 29.6 Å². The summed E-state index contributed by atoms with van der Waals surface area (Å²) in [4.78, 5) is 19.0. The van der Waals surface area contributed by atoms with E-state index in [0.29, 0.717) is 5.56 Å². The van der Waals surface area contributed by atoms with Gasteiger partial charge in [-0.05, 0) is 50.2 Å². The molecule has 7 heteroatoms. The summed E-state index contributed by atoms with van der Waals surface area (Å²) in [5.74, 6) is -0.360. The zero-order valence-electron chi connectivity index (χ0n) is 16.2. The van der Waals surface area contributed by atoms with Crippen LogP contribution in [0.1, 0.15) is 24.2 Å². The van der Waals surface area contributed by atoms with E-state index in [-0.39, 0.29) is 12.0 Å². The Labute approximate surface area is 162 Å². The molecule has 2 heterocycles. The molecule has 0 saturated heterocycles. The first-order valence-corrected chi connectivity index (χ1v) is 9.05. The van der Waals surface area contributed by atoms with Crippen molar-refractivity contribution in [3.63, 3.8) is 0 Å². The van der Waals surface area contributed by atoms with Crippen molar-refractivity contribution >= 4 is 33.6 Å². The van der Waals surface area contributed by atoms with E-state index in [2.05, 4.69) is 40.2 Å². The molecule has 7 nitrogen and oxygen atoms in total. The Kier molecular flexibility index (Phi) is 4.43. The predicted molar refractivity (Wildman–Crippen MR) is 110 cm³/mol. The van der Waals surface area contributed by atoms with Gasteiger partial charge < -0.3 is 9.64 Å². The fraction of sp³-hybridized carbons (Fsp3) is 0.238. The van der Waals surface area contributed by atoms with E-state index in [4.69, 9.17) is 9.72 Å². The van der Waals surface area contributed by atoms with Crippen LogP contribution in [-0.2, 0) is 4.74 Å². The molecule has 4 rings (SSSR count). The molecular formula is C21H21N5O2. The first-order valence-electron chi connectivity index (χ1n) is 9.05. The van der Waals surface area contributed by atoms with E-state index in [1.165, 1.54) is 7.11 Å². The number of esters is 1. The maximum Gasteiger partial charge on any atom is 0.337 e. The molecule has 142 valence electrons. The molecule has 0 bridgehead atoms. The van der Waals surface area contributed by atoms with Crippen molar-refractivity contribution < 1.29 is 9.53 Å². The van der Waals surface area contributed by atoms with Crippen LogP contribution in [0.2, 0.25) is 0 Å². The van der Waals surface area contributed by atoms with Gasteiger partial charge >= 0.3 is 5.97 Å². The summed E-state index contributed by atoms with van der Waals surface area (Å²) in [7, 11) is 3.42. The summed E-state index contributed by atoms with van der Waals surface area (Å²) < 4.78 is 4.84. The summed E-state index contributed by atoms with van der Waals surface area (Å²) >= 11 is 0. The first kappa shape index (κ1) is 17.9. The Morgan fingerprint density at radius 3 is 2.54 bits per heavy atom. The Balaban J connectivity index is 1.94. The molecule has 0 fully saturated rings. The topological polar surface area (TPSA) is 84.0 Å². The van der Waals surface area contributed by atoms with E-state index >= 15 is 0 Å². The number of pyridine rings is 1. The van der Waals surface area contributed by atoms with Gasteiger partial charge in [0, 0.05) is 24.0 Å². The van der Waals surface area contributed by atoms with Crippen molar-refractivity contribution in [1.82, 2.24) is 20.4 Å². The average Bonchev–Trinajstić information content (AvgIpc) is 3.18. The SMILES string of the molecule is COC(=O)c1ccc2nc(-c3ccc4n[nH]nc4c3)c(N(C)C(C)C)cc2c1. The van der Waals surface area contributed by atoms with Crippen LogP contribution in [0.25, 0.3) is 33.2 Å². The lowest BCUT2D eigenvalue weighted by molar-refractivity contribution is 0.0601. The van der Waals surface area contributed by atoms with Crippen molar-refractivity contribution in [2.24, 2.45) is 0 Å². The number of benzene rings is 2. The molecule has 0 unspecified atom stereocenters. The molecule has 28 heavy (non-hydrogen) atoms. The highest BCUT2D eigenvalue weighted by molar-refractivity contribution is 5.97. The highest BCUT2D eigenvalue weighted by Crippen LogP contribution is 2.34. The van der Waals surface area contributed by atoms with Crippen LogP contribution in [0.15, 0.2) is 42.5 Å². The van der Waals surface area contributed by atoms with Crippen LogP contribution in [0.4, 0.5) is 5.69 Å². The minimum atomic E-state index is -0.360. The molecule has 0 aliphatic carbocycles. The van der Waals surface area contributed by atoms with E-state index in [1.54, 1.807) is 6.07 Å². The lowest BCUT2D eigenvalue weighted by atomic mass is 10.0. The second kappa shape index (κ2) is 6.92. The monoisotopic (exact) mass is 375 g/mol. The van der Waals surface area contributed by atoms with Gasteiger partial charge in [-0.25, -0.2) is 9.78 Å². The number of aromatic nitrogens is 4. The number of nitrogens with zero attached hydrogens (tertiary/aromatic N) is 4. The van der Waals surface area contributed by atoms with Crippen molar-refractivity contribution in [3.05, 3.63) is 48.0 Å². The summed E-state index contributed by atoms with van der Waals surface area (Å²) in [6.45, 7) is 4.25. The number of carbonyl (C=O) groups is 1. The van der Waals surface area contributed by atoms with Gasteiger partial charge in [0.25, 0.3) is 0 Å². The molecule has 4 aromatic rings. The number of ether oxygens (including phenoxy) is 1. The summed E-state index contributed by atoms with van der Waals surface area (Å²) in [6.07, 6.45) is 0. The van der Waals surface area contributed by atoms with Gasteiger partial charge in [-0.3, -0.25) is 0 Å². The summed E-state index contributed by atoms with van der Waals surface area (Å²) in [5, 5.41) is 11.8. The molecule has 0 aliphatic rings. The normalized spacial score (nSPS) is 11.3. The lowest BCUT2D eigenvalue weighted by Gasteiger charge is -2.26. The molecular weight excluding hydrogens is 354 g/mol. The van der Waals surface area contributed by atoms with Crippen LogP contribution in [-0.4, -0.2) is 46.6 Å². The number of aromatic amines is 1. The summed E-state index contributed by atoms with van der Waals surface area (Å²) in [6, 6.07) is 13.6. The molecule has 0 atom stereocenters. The highest BCUT2D eigenvalue weighted by Gasteiger charge is 2.17. The molecule has 1 N–H and O–H groups in total. The molecule has 0 spiro atoms. The lowest BCUT2D eigenvalue weighted by Crippen LogP contribution is -2.26. The van der Waals surface area contributed by atoms with Crippen molar-refractivity contribution in [3.8, 4) is 11.3 Å². The second-order valence-electron chi connectivity index (χ2n) is 6.99. The molecule has 0 amide bonds. The number of anilines is 1. The van der Waals surface area contributed by atoms with E-state index < -0.39 is 0 Å². The van der Waals surface area contributed by atoms with Gasteiger partial charge in [0.15, 0.2) is 0 Å². The van der Waals surface area contributed by atoms with Gasteiger partial charge in [0.1, 0.15) is 11.0 Å². The van der Waals surface area contributed by atoms with Gasteiger partial charge in [-0.2, -0.15) is 15.4 Å². The maximum atomic E-state index is 11.9. The third-order valence-corrected chi connectivity index (χ3v) is 4.96. The third kappa shape index (κ3) is 3.05. The molecule has 2 aromatic carbocycles. The Morgan fingerprint density at radius 1 is 1.04 bits per heavy atom. The second-order valence-corrected chi connectivity index (χ2v) is 6.99. The first-order chi connectivity index (χ1) is 13.5. The molecule has 0 radical (unpaired) electrons. The Hall–Kier alpha value is -3.48. The van der Waals surface area contributed by atoms with Crippen LogP contribution in [0.5, 0.6) is 0 Å². The van der Waals surface area contributed by atoms with E-state index in [9.17, 15) is 4.79 Å². The number of H-pyrrole nitrogens is 1. The highest BCUT2D eigenvalue weighted by atomic mass is 16.5. The Bertz CT molecular complexity index is 1180. The van der Waals surface area contributed by atoms with Crippen molar-refractivity contribution in [2.45, 2.75) is 19.9 Å². The van der Waals surface area contributed by atoms with Crippen LogP contribution < -0.4 is 4.90 Å². The smallest absolute Gasteiger partial charge is 0.337 e. The van der Waals surface area contributed by atoms with Crippen molar-refractivity contribution in [2.75, 3.05) is 19.1 Å². The predicted octanol–water partition coefficient (Wildman–Crippen LogP) is 3.80. The molecule has 0 saturated carbocycles. The zero-order chi connectivity index (χ0) is 19.8. The number of hydrogen-bond donors (Lipinski definition) is 1. The van der Waals surface area contributed by atoms with Gasteiger partial charge in [-0.1, -0.05) is 6.07 Å². The minimum absolute atomic E-state index is 0.276. The number of fused-ring (bicyclic) bond motifs is 2. The standard InChI is InChI=1S/C21H21N5O2/c1-12(2)26(3)19-11-15-9-14(21(27)28-4)6-7-16(15)22-20(19)13-5-8-17-18(10-13)24-25-23-17/h5-12H,1-4H3,(H,23,24,25). The fourth-order valence-electron chi connectivity index (χ4n) is 3.16. The number of hydrogen-bond acceptors (Lipinski definition) is 6. The van der Waals surface area contributed by atoms with Crippen LogP contribution in [0.3, 0.4) is 0 Å². The zero-order valence-corrected chi connectivity index (χ0v) is 16.2. The number of nitrogens with one attached hydrogen (secondary N) is 1. The van der Waals surface area contributed by atoms with Crippen LogP contribution in [0, 0.1) is 0 Å². The van der Waals surface area contributed by atoms with Gasteiger partial charge in [0.2, 0.25) is 0 Å². The largest absolute Gasteiger partial charge is 0.465 e. The third-order valence-electron chi connectivity index (χ3n) is 4.96. The van der Waals surface area contributed by atoms with Gasteiger partial charge in [-0.15, -0.1) is 0 Å². The van der Waals surface area contributed by atoms with Crippen LogP contribution >= 0.6 is 0 Å². The average molecular weight is 375 g/mol. The fourth-order valence-corrected chi connectivity index (χ4v) is 3.16. The number of rotatable bonds is 4. The van der Waals surface area contributed by atoms with Crippen molar-refractivity contribution in [1.29, 1.82) is 0 Å². The number of methoxy groups -OCH3 is 1. The minimum Gasteiger partial charge on any atom is -0.465 e. The van der Waals surface area contributed by atoms with E-state index in [1.807, 2.05) is 37.4 Å². The molecule has 0 aliphatic heterocycles.